The average Bonchev–Trinajstić information content (AvgIpc) is 3.72. The van der Waals surface area contributed by atoms with Crippen LogP contribution in [0.25, 0.3) is 33.2 Å². The third-order valence-electron chi connectivity index (χ3n) is 9.34. The van der Waals surface area contributed by atoms with Crippen LogP contribution in [0.3, 0.4) is 0 Å². The van der Waals surface area contributed by atoms with Crippen molar-refractivity contribution in [3.8, 4) is 28.0 Å². The molecule has 2 aromatic heterocycles. The Morgan fingerprint density at radius 2 is 1.67 bits per heavy atom. The molecule has 1 amide bonds. The van der Waals surface area contributed by atoms with Crippen LogP contribution in [-0.4, -0.2) is 75.2 Å². The van der Waals surface area contributed by atoms with E-state index in [0.29, 0.717) is 44.0 Å². The van der Waals surface area contributed by atoms with Crippen LogP contribution in [0.15, 0.2) is 73.2 Å². The van der Waals surface area contributed by atoms with E-state index in [0.717, 1.165) is 0 Å². The molecule has 0 bridgehead atoms. The average molecular weight is 793 g/mol. The summed E-state index contributed by atoms with van der Waals surface area (Å²) in [5.74, 6) is -1.25. The van der Waals surface area contributed by atoms with Crippen molar-refractivity contribution in [1.29, 1.82) is 0 Å². The lowest BCUT2D eigenvalue weighted by molar-refractivity contribution is -0.137. The topological polar surface area (TPSA) is 130 Å². The number of hydrogen-bond donors (Lipinski definition) is 0. The van der Waals surface area contributed by atoms with Crippen LogP contribution in [0.1, 0.15) is 48.9 Å². The van der Waals surface area contributed by atoms with Crippen molar-refractivity contribution < 1.29 is 41.5 Å². The van der Waals surface area contributed by atoms with Crippen LogP contribution < -0.4 is 4.74 Å². The maximum absolute atomic E-state index is 15.8. The molecule has 11 nitrogen and oxygen atoms in total. The molecular formula is C40H40ClF2N4O7P. The van der Waals surface area contributed by atoms with Crippen molar-refractivity contribution in [2.75, 3.05) is 26.1 Å². The smallest absolute Gasteiger partial charge is 0.367 e. The number of hydrogen-bond acceptors (Lipinski definition) is 9. The molecule has 1 aliphatic rings. The number of fused-ring (bicyclic) bond motifs is 1. The molecule has 1 unspecified atom stereocenters. The van der Waals surface area contributed by atoms with Crippen molar-refractivity contribution >= 4 is 47.6 Å². The Hall–Kier alpha value is -4.81. The molecule has 5 aromatic rings. The first kappa shape index (κ1) is 39.9. The third-order valence-corrected chi connectivity index (χ3v) is 11.4. The first-order valence-electron chi connectivity index (χ1n) is 17.8. The number of alkyl halides is 1. The number of halogens is 3. The highest BCUT2D eigenvalue weighted by Crippen LogP contribution is 2.49. The van der Waals surface area contributed by atoms with E-state index in [2.05, 4.69) is 9.97 Å². The van der Waals surface area contributed by atoms with Gasteiger partial charge in [-0.05, 0) is 45.4 Å². The molecule has 0 N–H and O–H groups in total. The standard InChI is InChI=1S/C40H40ClF2N4O7P/c1-5-53-55(51,54-6-2)23-52-38-17-35-32(16-31(38)27-18-44-25(4)45-19-27)33(24(3)48)21-46(35)22-39(50)47-20-28(42)15-36(47)37(49)14-26-10-9-12-30(40(26)43)29-11-7-8-13-34(29)41/h7-13,16-19,21,28,36H,5-6,14-15,20,22-23H2,1-4H3/t28-,36?/m1/s1. The predicted molar refractivity (Wildman–Crippen MR) is 205 cm³/mol. The molecule has 0 spiro atoms. The minimum Gasteiger partial charge on any atom is -0.480 e. The van der Waals surface area contributed by atoms with Crippen molar-refractivity contribution in [3.63, 3.8) is 0 Å². The van der Waals surface area contributed by atoms with Crippen LogP contribution in [0.4, 0.5) is 8.78 Å². The third kappa shape index (κ3) is 8.70. The summed E-state index contributed by atoms with van der Waals surface area (Å²) in [6.07, 6.45) is 2.18. The summed E-state index contributed by atoms with van der Waals surface area (Å²) < 4.78 is 62.6. The number of ketones is 2. The highest BCUT2D eigenvalue weighted by Gasteiger charge is 2.40. The van der Waals surface area contributed by atoms with Gasteiger partial charge in [0.15, 0.2) is 17.9 Å². The molecule has 3 aromatic carbocycles. The molecule has 6 rings (SSSR count). The maximum Gasteiger partial charge on any atom is 0.367 e. The lowest BCUT2D eigenvalue weighted by atomic mass is 9.97. The SMILES string of the molecule is CCOP(=O)(COc1cc2c(cc1-c1cnc(C)nc1)c(C(C)=O)cn2CC(=O)N1C[C@H](F)CC1C(=O)Cc1cccc(-c2ccccc2Cl)c1F)OCC. The number of benzene rings is 3. The monoisotopic (exact) mass is 792 g/mol. The van der Waals surface area contributed by atoms with E-state index < -0.39 is 43.7 Å². The molecule has 1 saturated heterocycles. The number of aryl methyl sites for hydroxylation is 1. The summed E-state index contributed by atoms with van der Waals surface area (Å²) in [7, 11) is -3.67. The van der Waals surface area contributed by atoms with Gasteiger partial charge in [0.05, 0.1) is 31.3 Å². The van der Waals surface area contributed by atoms with E-state index >= 15 is 8.78 Å². The summed E-state index contributed by atoms with van der Waals surface area (Å²) in [5, 5.41) is 0.825. The molecule has 0 saturated carbocycles. The highest BCUT2D eigenvalue weighted by molar-refractivity contribution is 7.53. The second kappa shape index (κ2) is 16.9. The zero-order chi connectivity index (χ0) is 39.4. The number of ether oxygens (including phenoxy) is 1. The maximum atomic E-state index is 15.8. The fraction of sp³-hybridized carbons (Fsp3) is 0.325. The van der Waals surface area contributed by atoms with Crippen molar-refractivity contribution in [2.24, 2.45) is 0 Å². The zero-order valence-corrected chi connectivity index (χ0v) is 32.4. The quantitative estimate of drug-likeness (QED) is 0.0758. The zero-order valence-electron chi connectivity index (χ0n) is 30.8. The molecule has 1 aliphatic heterocycles. The Morgan fingerprint density at radius 3 is 2.35 bits per heavy atom. The molecule has 1 fully saturated rings. The van der Waals surface area contributed by atoms with E-state index in [1.807, 2.05) is 0 Å². The summed E-state index contributed by atoms with van der Waals surface area (Å²) >= 11 is 6.32. The van der Waals surface area contributed by atoms with E-state index in [9.17, 15) is 18.9 Å². The summed E-state index contributed by atoms with van der Waals surface area (Å²) in [6.45, 7) is 6.04. The van der Waals surface area contributed by atoms with Gasteiger partial charge in [0.1, 0.15) is 30.1 Å². The van der Waals surface area contributed by atoms with Gasteiger partial charge >= 0.3 is 7.60 Å². The van der Waals surface area contributed by atoms with Crippen molar-refractivity contribution in [1.82, 2.24) is 19.4 Å². The van der Waals surface area contributed by atoms with Gasteiger partial charge in [-0.15, -0.1) is 0 Å². The Morgan fingerprint density at radius 1 is 0.982 bits per heavy atom. The van der Waals surface area contributed by atoms with Crippen LogP contribution in [-0.2, 0) is 36.2 Å². The molecule has 55 heavy (non-hydrogen) atoms. The van der Waals surface area contributed by atoms with Crippen LogP contribution in [0.2, 0.25) is 5.02 Å². The van der Waals surface area contributed by atoms with Crippen LogP contribution >= 0.6 is 19.2 Å². The van der Waals surface area contributed by atoms with Gasteiger partial charge in [-0.2, -0.15) is 0 Å². The lowest BCUT2D eigenvalue weighted by Gasteiger charge is -2.24. The summed E-state index contributed by atoms with van der Waals surface area (Å²) in [5.41, 5.74) is 2.51. The number of rotatable bonds is 15. The van der Waals surface area contributed by atoms with Gasteiger partial charge in [0.2, 0.25) is 5.91 Å². The fourth-order valence-electron chi connectivity index (χ4n) is 6.77. The van der Waals surface area contributed by atoms with Gasteiger partial charge in [-0.3, -0.25) is 18.9 Å². The number of Topliss-reactive ketones (excluding diaryl/α,β-unsaturated/α-hetero) is 2. The van der Waals surface area contributed by atoms with E-state index in [1.54, 1.807) is 81.7 Å². The molecule has 3 heterocycles. The molecule has 2 atom stereocenters. The van der Waals surface area contributed by atoms with Crippen LogP contribution in [0.5, 0.6) is 5.75 Å². The van der Waals surface area contributed by atoms with Gasteiger partial charge < -0.3 is 23.3 Å². The van der Waals surface area contributed by atoms with Gasteiger partial charge in [-0.25, -0.2) is 18.7 Å². The predicted octanol–water partition coefficient (Wildman–Crippen LogP) is 8.42. The minimum atomic E-state index is -3.67. The number of carbonyl (C=O) groups excluding carboxylic acids is 3. The minimum absolute atomic E-state index is 0.0974. The molecule has 0 radical (unpaired) electrons. The summed E-state index contributed by atoms with van der Waals surface area (Å²) in [6, 6.07) is 13.6. The molecule has 288 valence electrons. The fourth-order valence-corrected chi connectivity index (χ4v) is 8.32. The van der Waals surface area contributed by atoms with E-state index in [-0.39, 0.29) is 61.8 Å². The number of amides is 1. The Kier molecular flexibility index (Phi) is 12.3. The van der Waals surface area contributed by atoms with E-state index in [4.69, 9.17) is 25.4 Å². The Balaban J connectivity index is 1.32. The number of likely N-dealkylation sites (tertiary alicyclic amines) is 1. The van der Waals surface area contributed by atoms with Crippen molar-refractivity contribution in [2.45, 2.75) is 59.3 Å². The van der Waals surface area contributed by atoms with Gasteiger partial charge in [0, 0.05) is 75.7 Å². The summed E-state index contributed by atoms with van der Waals surface area (Å²) in [4.78, 5) is 50.4. The number of carbonyl (C=O) groups is 3. The van der Waals surface area contributed by atoms with E-state index in [1.165, 1.54) is 28.7 Å². The second-order valence-electron chi connectivity index (χ2n) is 13.1. The molecule has 15 heteroatoms. The molecule has 0 aliphatic carbocycles. The second-order valence-corrected chi connectivity index (χ2v) is 15.5. The Bertz CT molecular complexity index is 2290. The highest BCUT2D eigenvalue weighted by atomic mass is 35.5. The molecular weight excluding hydrogens is 753 g/mol. The number of aromatic nitrogens is 3. The largest absolute Gasteiger partial charge is 0.480 e. The Labute approximate surface area is 322 Å². The van der Waals surface area contributed by atoms with Crippen molar-refractivity contribution in [3.05, 3.63) is 101 Å². The van der Waals surface area contributed by atoms with Crippen LogP contribution in [0, 0.1) is 12.7 Å². The first-order chi connectivity index (χ1) is 26.3. The van der Waals surface area contributed by atoms with Gasteiger partial charge in [-0.1, -0.05) is 48.0 Å². The number of nitrogens with zero attached hydrogens (tertiary/aromatic N) is 4. The lowest BCUT2D eigenvalue weighted by Crippen LogP contribution is -2.42. The normalized spacial score (nSPS) is 15.8. The first-order valence-corrected chi connectivity index (χ1v) is 19.9. The van der Waals surface area contributed by atoms with Gasteiger partial charge in [0.25, 0.3) is 0 Å².